The van der Waals surface area contributed by atoms with Gasteiger partial charge in [0.25, 0.3) is 0 Å². The summed E-state index contributed by atoms with van der Waals surface area (Å²) in [6, 6.07) is 0. The Labute approximate surface area is 161 Å². The molecule has 0 heterocycles. The van der Waals surface area contributed by atoms with Gasteiger partial charge in [-0.25, -0.2) is 0 Å². The summed E-state index contributed by atoms with van der Waals surface area (Å²) in [5.74, 6) is 2.96. The zero-order valence-corrected chi connectivity index (χ0v) is 17.2. The molecule has 26 heavy (non-hydrogen) atoms. The Morgan fingerprint density at radius 1 is 1.31 bits per heavy atom. The van der Waals surface area contributed by atoms with Crippen molar-refractivity contribution in [2.75, 3.05) is 6.61 Å². The Morgan fingerprint density at radius 3 is 2.88 bits per heavy atom. The smallest absolute Gasteiger partial charge is 0.0639 e. The van der Waals surface area contributed by atoms with Crippen LogP contribution in [0.1, 0.15) is 78.6 Å². The standard InChI is InChI=1S/C25H38O/c1-17(16-26)7-5-8-18(2)22-13-11-20(4)23-14-12-21-10-6-9-19(3)24(15-21)25(22)23/h7,10,18,22,24-26H,3,5-6,8-9,11-16H2,1-2,4H3. The van der Waals surface area contributed by atoms with Crippen LogP contribution in [0.3, 0.4) is 0 Å². The highest BCUT2D eigenvalue weighted by Gasteiger charge is 2.41. The van der Waals surface area contributed by atoms with E-state index >= 15 is 0 Å². The van der Waals surface area contributed by atoms with Crippen molar-refractivity contribution in [1.82, 2.24) is 0 Å². The van der Waals surface area contributed by atoms with Gasteiger partial charge in [-0.3, -0.25) is 0 Å². The van der Waals surface area contributed by atoms with Crippen molar-refractivity contribution in [1.29, 1.82) is 0 Å². The molecule has 0 aromatic heterocycles. The lowest BCUT2D eigenvalue weighted by molar-refractivity contribution is 0.183. The van der Waals surface area contributed by atoms with Gasteiger partial charge in [-0.15, -0.1) is 0 Å². The van der Waals surface area contributed by atoms with E-state index in [4.69, 9.17) is 0 Å². The zero-order chi connectivity index (χ0) is 18.7. The monoisotopic (exact) mass is 354 g/mol. The molecule has 1 saturated carbocycles. The normalized spacial score (nSPS) is 31.1. The predicted molar refractivity (Wildman–Crippen MR) is 112 cm³/mol. The number of rotatable bonds is 5. The van der Waals surface area contributed by atoms with Gasteiger partial charge in [0, 0.05) is 0 Å². The molecule has 4 unspecified atom stereocenters. The Balaban J connectivity index is 1.83. The van der Waals surface area contributed by atoms with Crippen molar-refractivity contribution in [2.45, 2.75) is 78.6 Å². The number of aliphatic hydroxyl groups excluding tert-OH is 1. The summed E-state index contributed by atoms with van der Waals surface area (Å²) in [7, 11) is 0. The minimum atomic E-state index is 0.198. The molecule has 2 bridgehead atoms. The van der Waals surface area contributed by atoms with Gasteiger partial charge in [-0.2, -0.15) is 0 Å². The SMILES string of the molecule is C=C1CCC=C2CCC3=C(C)CCC(C(C)CCC=C(C)CO)C3C1C2. The highest BCUT2D eigenvalue weighted by molar-refractivity contribution is 5.30. The van der Waals surface area contributed by atoms with Gasteiger partial charge in [-0.05, 0) is 95.3 Å². The fraction of sp³-hybridized carbons (Fsp3) is 0.680. The van der Waals surface area contributed by atoms with Crippen molar-refractivity contribution >= 4 is 0 Å². The lowest BCUT2D eigenvalue weighted by Gasteiger charge is -2.42. The highest BCUT2D eigenvalue weighted by Crippen LogP contribution is 2.52. The molecule has 0 spiro atoms. The van der Waals surface area contributed by atoms with Gasteiger partial charge in [0.1, 0.15) is 0 Å². The third-order valence-corrected chi connectivity index (χ3v) is 7.41. The number of hydrogen-bond acceptors (Lipinski definition) is 1. The van der Waals surface area contributed by atoms with Crippen LogP contribution in [0.5, 0.6) is 0 Å². The zero-order valence-electron chi connectivity index (χ0n) is 17.2. The topological polar surface area (TPSA) is 20.2 Å². The largest absolute Gasteiger partial charge is 0.392 e. The molecule has 1 N–H and O–H groups in total. The van der Waals surface area contributed by atoms with Crippen molar-refractivity contribution in [3.63, 3.8) is 0 Å². The fourth-order valence-electron chi connectivity index (χ4n) is 5.73. The Kier molecular flexibility index (Phi) is 6.61. The van der Waals surface area contributed by atoms with Gasteiger partial charge in [0.05, 0.1) is 6.61 Å². The van der Waals surface area contributed by atoms with Crippen molar-refractivity contribution in [3.8, 4) is 0 Å². The van der Waals surface area contributed by atoms with E-state index in [-0.39, 0.29) is 6.61 Å². The van der Waals surface area contributed by atoms with Gasteiger partial charge >= 0.3 is 0 Å². The van der Waals surface area contributed by atoms with Crippen molar-refractivity contribution in [3.05, 3.63) is 46.6 Å². The van der Waals surface area contributed by atoms with Crippen LogP contribution in [-0.4, -0.2) is 11.7 Å². The maximum absolute atomic E-state index is 9.23. The van der Waals surface area contributed by atoms with Crippen LogP contribution in [0.25, 0.3) is 0 Å². The van der Waals surface area contributed by atoms with Crippen LogP contribution in [0, 0.1) is 23.7 Å². The molecule has 1 heteroatoms. The molecule has 3 aliphatic rings. The second-order valence-corrected chi connectivity index (χ2v) is 9.17. The van der Waals surface area contributed by atoms with E-state index in [0.29, 0.717) is 5.92 Å². The maximum atomic E-state index is 9.23. The molecule has 3 rings (SSSR count). The van der Waals surface area contributed by atoms with E-state index in [9.17, 15) is 5.11 Å². The van der Waals surface area contributed by atoms with E-state index in [2.05, 4.69) is 32.6 Å². The van der Waals surface area contributed by atoms with Gasteiger partial charge in [0.2, 0.25) is 0 Å². The van der Waals surface area contributed by atoms with E-state index in [1.807, 2.05) is 6.92 Å². The van der Waals surface area contributed by atoms with Crippen molar-refractivity contribution < 1.29 is 5.11 Å². The second-order valence-electron chi connectivity index (χ2n) is 9.17. The number of aliphatic hydroxyl groups is 1. The summed E-state index contributed by atoms with van der Waals surface area (Å²) in [5, 5.41) is 9.23. The molecule has 1 fully saturated rings. The summed E-state index contributed by atoms with van der Waals surface area (Å²) in [6.07, 6.45) is 16.0. The molecule has 1 nitrogen and oxygen atoms in total. The van der Waals surface area contributed by atoms with Gasteiger partial charge in [0.15, 0.2) is 0 Å². The molecule has 3 aliphatic carbocycles. The molecular formula is C25H38O. The summed E-state index contributed by atoms with van der Waals surface area (Å²) in [5.41, 5.74) is 7.82. The average Bonchev–Trinajstić information content (AvgIpc) is 2.93. The Hall–Kier alpha value is -1.08. The quantitative estimate of drug-likeness (QED) is 0.541. The van der Waals surface area contributed by atoms with Gasteiger partial charge < -0.3 is 5.11 Å². The van der Waals surface area contributed by atoms with E-state index in [1.54, 1.807) is 16.7 Å². The predicted octanol–water partition coefficient (Wildman–Crippen LogP) is 6.76. The summed E-state index contributed by atoms with van der Waals surface area (Å²) < 4.78 is 0. The molecule has 0 saturated heterocycles. The van der Waals surface area contributed by atoms with Crippen LogP contribution in [0.15, 0.2) is 46.6 Å². The van der Waals surface area contributed by atoms with E-state index in [0.717, 1.165) is 29.7 Å². The van der Waals surface area contributed by atoms with Gasteiger partial charge in [-0.1, -0.05) is 53.5 Å². The molecule has 0 aromatic rings. The Morgan fingerprint density at radius 2 is 2.12 bits per heavy atom. The number of allylic oxidation sites excluding steroid dienone is 6. The lowest BCUT2D eigenvalue weighted by Crippen LogP contribution is -2.33. The molecule has 144 valence electrons. The minimum absolute atomic E-state index is 0.198. The summed E-state index contributed by atoms with van der Waals surface area (Å²) >= 11 is 0. The number of hydrogen-bond donors (Lipinski definition) is 1. The highest BCUT2D eigenvalue weighted by atomic mass is 16.3. The first-order valence-electron chi connectivity index (χ1n) is 10.8. The van der Waals surface area contributed by atoms with Crippen molar-refractivity contribution in [2.24, 2.45) is 23.7 Å². The maximum Gasteiger partial charge on any atom is 0.0639 e. The van der Waals surface area contributed by atoms with Crippen LogP contribution in [0.2, 0.25) is 0 Å². The summed E-state index contributed by atoms with van der Waals surface area (Å²) in [6.45, 7) is 11.7. The second kappa shape index (κ2) is 8.74. The third-order valence-electron chi connectivity index (χ3n) is 7.41. The first-order valence-corrected chi connectivity index (χ1v) is 10.8. The molecule has 0 radical (unpaired) electrons. The van der Waals surface area contributed by atoms with E-state index in [1.165, 1.54) is 56.9 Å². The number of fused-ring (bicyclic) bond motifs is 4. The average molecular weight is 355 g/mol. The lowest BCUT2D eigenvalue weighted by atomic mass is 9.62. The fourth-order valence-corrected chi connectivity index (χ4v) is 5.73. The molecule has 4 atom stereocenters. The Bertz CT molecular complexity index is 618. The van der Waals surface area contributed by atoms with Crippen LogP contribution < -0.4 is 0 Å². The molecule has 0 aromatic carbocycles. The van der Waals surface area contributed by atoms with E-state index < -0.39 is 0 Å². The van der Waals surface area contributed by atoms with Crippen LogP contribution in [-0.2, 0) is 0 Å². The summed E-state index contributed by atoms with van der Waals surface area (Å²) in [4.78, 5) is 0. The first-order chi connectivity index (χ1) is 12.5. The minimum Gasteiger partial charge on any atom is -0.392 e. The third kappa shape index (κ3) is 4.25. The molecule has 0 aliphatic heterocycles. The first kappa shape index (κ1) is 19.7. The van der Waals surface area contributed by atoms with Crippen LogP contribution in [0.4, 0.5) is 0 Å². The molecular weight excluding hydrogens is 316 g/mol. The van der Waals surface area contributed by atoms with Crippen LogP contribution >= 0.6 is 0 Å². The molecule has 0 amide bonds.